The maximum Gasteiger partial charge on any atom is 0.120 e. The lowest BCUT2D eigenvalue weighted by molar-refractivity contribution is 0.465. The summed E-state index contributed by atoms with van der Waals surface area (Å²) in [5.74, 6) is 0.277. The molecule has 2 nitrogen and oxygen atoms in total. The SMILES string of the molecule is C[C@@H](N)c1c(O)ccc2ccccc12.Cl. The molecular formula is C12H14ClNO. The third-order valence-corrected chi connectivity index (χ3v) is 2.40. The van der Waals surface area contributed by atoms with E-state index in [1.165, 1.54) is 0 Å². The summed E-state index contributed by atoms with van der Waals surface area (Å²) in [6, 6.07) is 11.4. The highest BCUT2D eigenvalue weighted by Crippen LogP contribution is 2.30. The van der Waals surface area contributed by atoms with Gasteiger partial charge in [-0.1, -0.05) is 30.3 Å². The van der Waals surface area contributed by atoms with Crippen LogP contribution in [-0.4, -0.2) is 5.11 Å². The highest BCUT2D eigenvalue weighted by Gasteiger charge is 2.09. The van der Waals surface area contributed by atoms with E-state index in [9.17, 15) is 5.11 Å². The van der Waals surface area contributed by atoms with Crippen LogP contribution in [0, 0.1) is 0 Å². The van der Waals surface area contributed by atoms with Crippen molar-refractivity contribution in [3.63, 3.8) is 0 Å². The Balaban J connectivity index is 0.00000112. The van der Waals surface area contributed by atoms with Crippen molar-refractivity contribution in [1.29, 1.82) is 0 Å². The van der Waals surface area contributed by atoms with Gasteiger partial charge in [-0.15, -0.1) is 12.4 Å². The monoisotopic (exact) mass is 223 g/mol. The Labute approximate surface area is 95.1 Å². The van der Waals surface area contributed by atoms with Gasteiger partial charge in [0, 0.05) is 11.6 Å². The van der Waals surface area contributed by atoms with E-state index in [1.807, 2.05) is 37.3 Å². The smallest absolute Gasteiger partial charge is 0.120 e. The van der Waals surface area contributed by atoms with Gasteiger partial charge in [-0.25, -0.2) is 0 Å². The number of phenolic OH excluding ortho intramolecular Hbond substituents is 1. The van der Waals surface area contributed by atoms with E-state index in [0.717, 1.165) is 16.3 Å². The Morgan fingerprint density at radius 1 is 1.13 bits per heavy atom. The van der Waals surface area contributed by atoms with Gasteiger partial charge in [0.1, 0.15) is 5.75 Å². The van der Waals surface area contributed by atoms with Gasteiger partial charge < -0.3 is 10.8 Å². The number of rotatable bonds is 1. The average Bonchev–Trinajstić information content (AvgIpc) is 2.17. The Bertz CT molecular complexity index is 468. The van der Waals surface area contributed by atoms with Gasteiger partial charge in [0.05, 0.1) is 0 Å². The maximum absolute atomic E-state index is 9.70. The molecule has 0 saturated heterocycles. The fourth-order valence-corrected chi connectivity index (χ4v) is 1.76. The van der Waals surface area contributed by atoms with Crippen LogP contribution in [-0.2, 0) is 0 Å². The highest BCUT2D eigenvalue weighted by atomic mass is 35.5. The molecular weight excluding hydrogens is 210 g/mol. The number of nitrogens with two attached hydrogens (primary N) is 1. The zero-order valence-corrected chi connectivity index (χ0v) is 9.29. The van der Waals surface area contributed by atoms with Crippen LogP contribution in [0.1, 0.15) is 18.5 Å². The van der Waals surface area contributed by atoms with Gasteiger partial charge in [-0.3, -0.25) is 0 Å². The van der Waals surface area contributed by atoms with Gasteiger partial charge in [-0.05, 0) is 23.8 Å². The molecule has 15 heavy (non-hydrogen) atoms. The zero-order chi connectivity index (χ0) is 10.1. The molecule has 0 fully saturated rings. The fraction of sp³-hybridized carbons (Fsp3) is 0.167. The largest absolute Gasteiger partial charge is 0.508 e. The van der Waals surface area contributed by atoms with Crippen LogP contribution in [0.2, 0.25) is 0 Å². The lowest BCUT2D eigenvalue weighted by Crippen LogP contribution is -2.05. The summed E-state index contributed by atoms with van der Waals surface area (Å²) in [5, 5.41) is 11.8. The molecule has 0 amide bonds. The van der Waals surface area contributed by atoms with Crippen molar-refractivity contribution in [1.82, 2.24) is 0 Å². The van der Waals surface area contributed by atoms with Crippen LogP contribution < -0.4 is 5.73 Å². The number of benzene rings is 2. The predicted molar refractivity (Wildman–Crippen MR) is 65.5 cm³/mol. The minimum absolute atomic E-state index is 0. The normalized spacial score (nSPS) is 12.1. The van der Waals surface area contributed by atoms with Gasteiger partial charge in [-0.2, -0.15) is 0 Å². The van der Waals surface area contributed by atoms with Gasteiger partial charge in [0.25, 0.3) is 0 Å². The molecule has 0 heterocycles. The van der Waals surface area contributed by atoms with Crippen molar-refractivity contribution in [3.8, 4) is 5.75 Å². The lowest BCUT2D eigenvalue weighted by Gasteiger charge is -2.11. The second kappa shape index (κ2) is 4.51. The first-order valence-electron chi connectivity index (χ1n) is 4.66. The summed E-state index contributed by atoms with van der Waals surface area (Å²) in [6.07, 6.45) is 0. The molecule has 3 N–H and O–H groups in total. The summed E-state index contributed by atoms with van der Waals surface area (Å²) >= 11 is 0. The van der Waals surface area contributed by atoms with Crippen molar-refractivity contribution in [2.24, 2.45) is 5.73 Å². The molecule has 0 aliphatic rings. The minimum Gasteiger partial charge on any atom is -0.508 e. The number of aromatic hydroxyl groups is 1. The van der Waals surface area contributed by atoms with Crippen molar-refractivity contribution in [2.75, 3.05) is 0 Å². The first kappa shape index (κ1) is 11.8. The van der Waals surface area contributed by atoms with E-state index in [4.69, 9.17) is 5.73 Å². The number of hydrogen-bond donors (Lipinski definition) is 2. The quantitative estimate of drug-likeness (QED) is 0.781. The minimum atomic E-state index is -0.152. The molecule has 0 aromatic heterocycles. The molecule has 0 unspecified atom stereocenters. The predicted octanol–water partition coefficient (Wildman–Crippen LogP) is 2.99. The fourth-order valence-electron chi connectivity index (χ4n) is 1.76. The molecule has 2 aromatic carbocycles. The van der Waals surface area contributed by atoms with E-state index >= 15 is 0 Å². The van der Waals surface area contributed by atoms with Crippen LogP contribution in [0.3, 0.4) is 0 Å². The Kier molecular flexibility index (Phi) is 3.56. The number of fused-ring (bicyclic) bond motifs is 1. The zero-order valence-electron chi connectivity index (χ0n) is 8.47. The summed E-state index contributed by atoms with van der Waals surface area (Å²) in [7, 11) is 0. The molecule has 2 rings (SSSR count). The molecule has 0 aliphatic heterocycles. The highest BCUT2D eigenvalue weighted by molar-refractivity contribution is 5.88. The van der Waals surface area contributed by atoms with E-state index in [0.29, 0.717) is 0 Å². The van der Waals surface area contributed by atoms with Gasteiger partial charge >= 0.3 is 0 Å². The Morgan fingerprint density at radius 2 is 1.80 bits per heavy atom. The van der Waals surface area contributed by atoms with E-state index in [-0.39, 0.29) is 24.2 Å². The van der Waals surface area contributed by atoms with E-state index in [1.54, 1.807) is 6.07 Å². The maximum atomic E-state index is 9.70. The van der Waals surface area contributed by atoms with Crippen LogP contribution >= 0.6 is 12.4 Å². The van der Waals surface area contributed by atoms with Crippen LogP contribution in [0.5, 0.6) is 5.75 Å². The molecule has 0 spiro atoms. The Morgan fingerprint density at radius 3 is 2.47 bits per heavy atom. The summed E-state index contributed by atoms with van der Waals surface area (Å²) in [5.41, 5.74) is 6.64. The van der Waals surface area contributed by atoms with Crippen LogP contribution in [0.15, 0.2) is 36.4 Å². The summed E-state index contributed by atoms with van der Waals surface area (Å²) in [6.45, 7) is 1.88. The number of halogens is 1. The Hall–Kier alpha value is -1.25. The second-order valence-corrected chi connectivity index (χ2v) is 3.51. The molecule has 0 saturated carbocycles. The molecule has 1 atom stereocenters. The topological polar surface area (TPSA) is 46.2 Å². The standard InChI is InChI=1S/C12H13NO.ClH/c1-8(13)12-10-5-3-2-4-9(10)6-7-11(12)14;/h2-8,14H,13H2,1H3;1H/t8-;/m1./s1. The summed E-state index contributed by atoms with van der Waals surface area (Å²) in [4.78, 5) is 0. The van der Waals surface area contributed by atoms with Crippen molar-refractivity contribution in [2.45, 2.75) is 13.0 Å². The first-order chi connectivity index (χ1) is 6.70. The molecule has 0 aliphatic carbocycles. The van der Waals surface area contributed by atoms with Gasteiger partial charge in [0.2, 0.25) is 0 Å². The number of phenols is 1. The molecule has 80 valence electrons. The van der Waals surface area contributed by atoms with Crippen molar-refractivity contribution < 1.29 is 5.11 Å². The average molecular weight is 224 g/mol. The summed E-state index contributed by atoms with van der Waals surface area (Å²) < 4.78 is 0. The van der Waals surface area contributed by atoms with Crippen LogP contribution in [0.25, 0.3) is 10.8 Å². The lowest BCUT2D eigenvalue weighted by atomic mass is 9.99. The van der Waals surface area contributed by atoms with Crippen molar-refractivity contribution in [3.05, 3.63) is 42.0 Å². The van der Waals surface area contributed by atoms with E-state index < -0.39 is 0 Å². The molecule has 0 bridgehead atoms. The van der Waals surface area contributed by atoms with E-state index in [2.05, 4.69) is 0 Å². The molecule has 2 aromatic rings. The van der Waals surface area contributed by atoms with Crippen molar-refractivity contribution >= 4 is 23.2 Å². The second-order valence-electron chi connectivity index (χ2n) is 3.51. The number of hydrogen-bond acceptors (Lipinski definition) is 2. The molecule has 0 radical (unpaired) electrons. The molecule has 3 heteroatoms. The third kappa shape index (κ3) is 2.06. The third-order valence-electron chi connectivity index (χ3n) is 2.40. The van der Waals surface area contributed by atoms with Gasteiger partial charge in [0.15, 0.2) is 0 Å². The van der Waals surface area contributed by atoms with Crippen LogP contribution in [0.4, 0.5) is 0 Å². The first-order valence-corrected chi connectivity index (χ1v) is 4.66.